The number of aliphatic hydroxyl groups excluding tert-OH is 1. The molecule has 3 aromatic carbocycles. The monoisotopic (exact) mass is 486 g/mol. The molecule has 1 saturated carbocycles. The molecule has 0 aliphatic heterocycles. The smallest absolute Gasteiger partial charge is 0.347 e. The Balaban J connectivity index is 1.64. The van der Waals surface area contributed by atoms with Crippen molar-refractivity contribution in [1.29, 1.82) is 0 Å². The number of alkyl halides is 1. The van der Waals surface area contributed by atoms with Crippen LogP contribution in [-0.4, -0.2) is 30.0 Å². The van der Waals surface area contributed by atoms with Crippen molar-refractivity contribution in [3.05, 3.63) is 94.8 Å². The molecule has 34 heavy (non-hydrogen) atoms. The third-order valence-electron chi connectivity index (χ3n) is 6.15. The number of aliphatic hydroxyl groups is 1. The molecule has 0 heterocycles. The number of carbonyl (C=O) groups excluding carboxylic acids is 1. The average molecular weight is 487 g/mol. The molecule has 1 N–H and O–H groups in total. The number of methoxy groups -OCH3 is 1. The summed E-state index contributed by atoms with van der Waals surface area (Å²) in [6, 6.07) is 19.3. The summed E-state index contributed by atoms with van der Waals surface area (Å²) in [6.45, 7) is 0. The zero-order valence-electron chi connectivity index (χ0n) is 18.6. The Morgan fingerprint density at radius 3 is 2.41 bits per heavy atom. The van der Waals surface area contributed by atoms with Crippen LogP contribution in [0.3, 0.4) is 0 Å². The van der Waals surface area contributed by atoms with Gasteiger partial charge in [0.2, 0.25) is 5.67 Å². The van der Waals surface area contributed by atoms with Crippen molar-refractivity contribution >= 4 is 17.6 Å². The summed E-state index contributed by atoms with van der Waals surface area (Å²) in [4.78, 5) is 12.8. The molecule has 0 bridgehead atoms. The van der Waals surface area contributed by atoms with Gasteiger partial charge in [0.1, 0.15) is 11.9 Å². The van der Waals surface area contributed by atoms with E-state index in [0.29, 0.717) is 21.9 Å². The van der Waals surface area contributed by atoms with Crippen molar-refractivity contribution in [2.75, 3.05) is 7.11 Å². The molecule has 7 heteroatoms. The third-order valence-corrected chi connectivity index (χ3v) is 6.41. The highest BCUT2D eigenvalue weighted by molar-refractivity contribution is 6.30. The van der Waals surface area contributed by atoms with Crippen LogP contribution in [0.2, 0.25) is 5.02 Å². The largest absolute Gasteiger partial charge is 0.467 e. The molecule has 4 rings (SSSR count). The van der Waals surface area contributed by atoms with Gasteiger partial charge in [0.25, 0.3) is 0 Å². The van der Waals surface area contributed by atoms with Crippen molar-refractivity contribution in [1.82, 2.24) is 0 Å². The van der Waals surface area contributed by atoms with Crippen LogP contribution in [0.5, 0.6) is 11.5 Å². The normalized spacial score (nSPS) is 16.9. The van der Waals surface area contributed by atoms with Gasteiger partial charge in [-0.25, -0.2) is 13.6 Å². The van der Waals surface area contributed by atoms with E-state index in [0.717, 1.165) is 20.0 Å². The molecule has 1 aliphatic rings. The Morgan fingerprint density at radius 1 is 1.12 bits per heavy atom. The molecule has 178 valence electrons. The number of carbonyl (C=O) groups is 1. The Bertz CT molecular complexity index is 1140. The number of esters is 1. The second kappa shape index (κ2) is 10.1. The van der Waals surface area contributed by atoms with Crippen LogP contribution in [0.1, 0.15) is 29.9 Å². The molecule has 0 radical (unpaired) electrons. The number of benzene rings is 3. The summed E-state index contributed by atoms with van der Waals surface area (Å²) >= 11 is 5.99. The van der Waals surface area contributed by atoms with Gasteiger partial charge in [0, 0.05) is 17.4 Å². The van der Waals surface area contributed by atoms with Crippen molar-refractivity contribution in [2.24, 2.45) is 5.92 Å². The van der Waals surface area contributed by atoms with Gasteiger partial charge in [0.05, 0.1) is 7.11 Å². The van der Waals surface area contributed by atoms with Crippen molar-refractivity contribution < 1.29 is 28.2 Å². The van der Waals surface area contributed by atoms with Gasteiger partial charge in [-0.1, -0.05) is 48.0 Å². The summed E-state index contributed by atoms with van der Waals surface area (Å²) in [6.07, 6.45) is -0.521. The first-order chi connectivity index (χ1) is 16.3. The van der Waals surface area contributed by atoms with Crippen LogP contribution in [0, 0.1) is 11.7 Å². The Labute approximate surface area is 202 Å². The first kappa shape index (κ1) is 24.2. The molecular weight excluding hydrogens is 462 g/mol. The molecule has 2 unspecified atom stereocenters. The quantitative estimate of drug-likeness (QED) is 0.363. The highest BCUT2D eigenvalue weighted by Gasteiger charge is 2.58. The van der Waals surface area contributed by atoms with E-state index in [2.05, 4.69) is 0 Å². The Morgan fingerprint density at radius 2 is 1.79 bits per heavy atom. The molecular formula is C27H25ClF2O4. The number of para-hydroxylation sites is 1. The van der Waals surface area contributed by atoms with Crippen LogP contribution in [0.15, 0.2) is 72.8 Å². The number of halogens is 3. The lowest BCUT2D eigenvalue weighted by Gasteiger charge is -2.36. The second-order valence-electron chi connectivity index (χ2n) is 8.53. The maximum Gasteiger partial charge on any atom is 0.347 e. The molecule has 3 aromatic rings. The number of hydrogen-bond donors (Lipinski definition) is 1. The van der Waals surface area contributed by atoms with E-state index in [1.807, 2.05) is 0 Å². The third kappa shape index (κ3) is 5.08. The lowest BCUT2D eigenvalue weighted by molar-refractivity contribution is -0.167. The van der Waals surface area contributed by atoms with E-state index in [-0.39, 0.29) is 18.1 Å². The number of rotatable bonds is 9. The summed E-state index contributed by atoms with van der Waals surface area (Å²) < 4.78 is 41.5. The van der Waals surface area contributed by atoms with Gasteiger partial charge in [-0.15, -0.1) is 0 Å². The molecule has 0 amide bonds. The minimum atomic E-state index is -2.71. The fourth-order valence-electron chi connectivity index (χ4n) is 4.32. The van der Waals surface area contributed by atoms with E-state index in [1.54, 1.807) is 54.6 Å². The fourth-order valence-corrected chi connectivity index (χ4v) is 4.45. The maximum absolute atomic E-state index is 16.7. The number of ether oxygens (including phenoxy) is 2. The highest BCUT2D eigenvalue weighted by Crippen LogP contribution is 2.52. The summed E-state index contributed by atoms with van der Waals surface area (Å²) in [7, 11) is 1.10. The maximum atomic E-state index is 16.7. The van der Waals surface area contributed by atoms with Gasteiger partial charge >= 0.3 is 5.97 Å². The minimum absolute atomic E-state index is 0.0603. The van der Waals surface area contributed by atoms with Gasteiger partial charge in [-0.2, -0.15) is 0 Å². The Hall–Kier alpha value is -2.96. The predicted molar refractivity (Wildman–Crippen MR) is 125 cm³/mol. The standard InChI is InChI=1S/C27H25ClF2O4/c1-33-26(32)27(30,25(18-8-9-18)19-10-12-20(28)13-11-19)24(31)16-17-7-14-22(29)23(15-17)34-21-5-3-2-4-6-21/h2-7,10-15,18,24-25,31H,8-9,16H2,1H3/t24?,25-,27?/m0/s1. The second-order valence-corrected chi connectivity index (χ2v) is 8.96. The predicted octanol–water partition coefficient (Wildman–Crippen LogP) is 6.25. The van der Waals surface area contributed by atoms with Gasteiger partial charge < -0.3 is 14.6 Å². The summed E-state index contributed by atoms with van der Waals surface area (Å²) in [5.41, 5.74) is -1.74. The Kier molecular flexibility index (Phi) is 7.19. The average Bonchev–Trinajstić information content (AvgIpc) is 3.67. The van der Waals surface area contributed by atoms with Crippen molar-refractivity contribution in [3.63, 3.8) is 0 Å². The van der Waals surface area contributed by atoms with Gasteiger partial charge in [-0.05, 0) is 66.3 Å². The van der Waals surface area contributed by atoms with Crippen molar-refractivity contribution in [3.8, 4) is 11.5 Å². The zero-order valence-corrected chi connectivity index (χ0v) is 19.3. The molecule has 1 fully saturated rings. The minimum Gasteiger partial charge on any atom is -0.467 e. The van der Waals surface area contributed by atoms with Crippen LogP contribution in [0.25, 0.3) is 0 Å². The zero-order chi connectivity index (χ0) is 24.3. The fraction of sp³-hybridized carbons (Fsp3) is 0.296. The van der Waals surface area contributed by atoms with E-state index in [1.165, 1.54) is 18.2 Å². The lowest BCUT2D eigenvalue weighted by atomic mass is 9.75. The number of hydrogen-bond acceptors (Lipinski definition) is 4. The van der Waals surface area contributed by atoms with Crippen LogP contribution in [-0.2, 0) is 16.0 Å². The molecule has 1 aliphatic carbocycles. The first-order valence-electron chi connectivity index (χ1n) is 11.0. The molecule has 0 spiro atoms. The van der Waals surface area contributed by atoms with E-state index >= 15 is 4.39 Å². The summed E-state index contributed by atoms with van der Waals surface area (Å²) in [5, 5.41) is 11.6. The molecule has 0 saturated heterocycles. The molecule has 4 nitrogen and oxygen atoms in total. The lowest BCUT2D eigenvalue weighted by Crippen LogP contribution is -2.52. The molecule has 3 atom stereocenters. The van der Waals surface area contributed by atoms with Crippen molar-refractivity contribution in [2.45, 2.75) is 37.0 Å². The van der Waals surface area contributed by atoms with E-state index in [9.17, 15) is 14.3 Å². The molecule has 0 aromatic heterocycles. The highest BCUT2D eigenvalue weighted by atomic mass is 35.5. The van der Waals surface area contributed by atoms with Crippen LogP contribution >= 0.6 is 11.6 Å². The first-order valence-corrected chi connectivity index (χ1v) is 11.4. The summed E-state index contributed by atoms with van der Waals surface area (Å²) in [5.74, 6) is -2.40. The topological polar surface area (TPSA) is 55.8 Å². The van der Waals surface area contributed by atoms with Crippen LogP contribution < -0.4 is 4.74 Å². The van der Waals surface area contributed by atoms with Gasteiger partial charge in [0.15, 0.2) is 11.6 Å². The van der Waals surface area contributed by atoms with Gasteiger partial charge in [-0.3, -0.25) is 0 Å². The van der Waals surface area contributed by atoms with E-state index < -0.39 is 29.5 Å². The van der Waals surface area contributed by atoms with Crippen LogP contribution in [0.4, 0.5) is 8.78 Å². The SMILES string of the molecule is COC(=O)C(F)(C(O)Cc1ccc(F)c(Oc2ccccc2)c1)[C@H](c1ccc(Cl)cc1)C1CC1. The van der Waals surface area contributed by atoms with E-state index in [4.69, 9.17) is 21.1 Å².